The van der Waals surface area contributed by atoms with Gasteiger partial charge in [-0.2, -0.15) is 0 Å². The third kappa shape index (κ3) is 6.23. The first-order valence-corrected chi connectivity index (χ1v) is 7.49. The number of halogens is 1. The molecule has 126 valence electrons. The van der Waals surface area contributed by atoms with Crippen LogP contribution in [0.25, 0.3) is 0 Å². The fourth-order valence-electron chi connectivity index (χ4n) is 2.07. The largest absolute Gasteiger partial charge is 0.467 e. The van der Waals surface area contributed by atoms with Crippen LogP contribution in [0.15, 0.2) is 52.1 Å². The minimum atomic E-state index is -0.697. The standard InChI is InChI=1S/C17H23N3O2.HI/c1-3-18-17(19-11-14-8-5-4-7-13(14)2)20-12-15(21)16-9-6-10-22-16;/h4-10,15,21H,3,11-12H2,1-2H3,(H2,18,19,20);1H. The summed E-state index contributed by atoms with van der Waals surface area (Å²) in [7, 11) is 0. The maximum absolute atomic E-state index is 10.0. The SMILES string of the molecule is CCNC(=NCc1ccccc1C)NCC(O)c1ccco1.I. The molecule has 0 fully saturated rings. The van der Waals surface area contributed by atoms with Crippen molar-refractivity contribution in [1.82, 2.24) is 10.6 Å². The van der Waals surface area contributed by atoms with E-state index in [1.54, 1.807) is 18.4 Å². The van der Waals surface area contributed by atoms with Gasteiger partial charge in [0.25, 0.3) is 0 Å². The van der Waals surface area contributed by atoms with E-state index >= 15 is 0 Å². The van der Waals surface area contributed by atoms with E-state index in [2.05, 4.69) is 34.7 Å². The lowest BCUT2D eigenvalue weighted by Gasteiger charge is -2.14. The van der Waals surface area contributed by atoms with Gasteiger partial charge in [0.2, 0.25) is 0 Å². The van der Waals surface area contributed by atoms with E-state index < -0.39 is 6.10 Å². The van der Waals surface area contributed by atoms with Gasteiger partial charge in [0.05, 0.1) is 19.4 Å². The average Bonchev–Trinajstić information content (AvgIpc) is 3.05. The summed E-state index contributed by atoms with van der Waals surface area (Å²) in [6.07, 6.45) is 0.855. The summed E-state index contributed by atoms with van der Waals surface area (Å²) in [6.45, 7) is 5.78. The van der Waals surface area contributed by atoms with Gasteiger partial charge >= 0.3 is 0 Å². The number of furan rings is 1. The second-order valence-electron chi connectivity index (χ2n) is 5.03. The molecule has 0 amide bonds. The summed E-state index contributed by atoms with van der Waals surface area (Å²) in [5.41, 5.74) is 2.41. The highest BCUT2D eigenvalue weighted by Crippen LogP contribution is 2.11. The Bertz CT molecular complexity index is 600. The molecule has 5 nitrogen and oxygen atoms in total. The first-order chi connectivity index (χ1) is 10.7. The van der Waals surface area contributed by atoms with Crippen LogP contribution in [0, 0.1) is 6.92 Å². The van der Waals surface area contributed by atoms with Gasteiger partial charge in [-0.15, -0.1) is 24.0 Å². The molecule has 1 heterocycles. The molecule has 0 aliphatic carbocycles. The fourth-order valence-corrected chi connectivity index (χ4v) is 2.07. The average molecular weight is 429 g/mol. The number of hydrogen-bond acceptors (Lipinski definition) is 3. The quantitative estimate of drug-likeness (QED) is 0.375. The lowest BCUT2D eigenvalue weighted by atomic mass is 10.1. The highest BCUT2D eigenvalue weighted by atomic mass is 127. The van der Waals surface area contributed by atoms with Crippen molar-refractivity contribution in [2.75, 3.05) is 13.1 Å². The number of nitrogens with zero attached hydrogens (tertiary/aromatic N) is 1. The molecule has 0 saturated carbocycles. The van der Waals surface area contributed by atoms with Crippen LogP contribution in [-0.2, 0) is 6.54 Å². The van der Waals surface area contributed by atoms with Gasteiger partial charge in [0.1, 0.15) is 11.9 Å². The molecule has 1 unspecified atom stereocenters. The van der Waals surface area contributed by atoms with E-state index in [0.717, 1.165) is 6.54 Å². The van der Waals surface area contributed by atoms with E-state index in [1.165, 1.54) is 11.1 Å². The number of aryl methyl sites for hydroxylation is 1. The molecule has 0 aliphatic heterocycles. The number of hydrogen-bond donors (Lipinski definition) is 3. The smallest absolute Gasteiger partial charge is 0.191 e. The molecule has 0 spiro atoms. The van der Waals surface area contributed by atoms with Crippen LogP contribution in [0.5, 0.6) is 0 Å². The number of aliphatic imine (C=N–C) groups is 1. The minimum absolute atomic E-state index is 0. The number of guanidine groups is 1. The number of nitrogens with one attached hydrogen (secondary N) is 2. The molecular weight excluding hydrogens is 405 g/mol. The van der Waals surface area contributed by atoms with Gasteiger partial charge in [0, 0.05) is 6.54 Å². The first kappa shape index (κ1) is 19.5. The predicted molar refractivity (Wildman–Crippen MR) is 103 cm³/mol. The summed E-state index contributed by atoms with van der Waals surface area (Å²) in [4.78, 5) is 4.55. The van der Waals surface area contributed by atoms with E-state index in [0.29, 0.717) is 24.8 Å². The van der Waals surface area contributed by atoms with Crippen molar-refractivity contribution in [1.29, 1.82) is 0 Å². The fraction of sp³-hybridized carbons (Fsp3) is 0.353. The van der Waals surface area contributed by atoms with Crippen molar-refractivity contribution < 1.29 is 9.52 Å². The van der Waals surface area contributed by atoms with Gasteiger partial charge < -0.3 is 20.2 Å². The van der Waals surface area contributed by atoms with Gasteiger partial charge in [0.15, 0.2) is 5.96 Å². The van der Waals surface area contributed by atoms with E-state index in [9.17, 15) is 5.11 Å². The van der Waals surface area contributed by atoms with Crippen LogP contribution < -0.4 is 10.6 Å². The summed E-state index contributed by atoms with van der Waals surface area (Å²) in [6, 6.07) is 11.7. The molecule has 2 rings (SSSR count). The highest BCUT2D eigenvalue weighted by molar-refractivity contribution is 14.0. The van der Waals surface area contributed by atoms with Gasteiger partial charge in [-0.25, -0.2) is 4.99 Å². The molecule has 0 bridgehead atoms. The maximum Gasteiger partial charge on any atom is 0.191 e. The Balaban J connectivity index is 0.00000264. The molecule has 1 aromatic heterocycles. The molecule has 0 radical (unpaired) electrons. The Morgan fingerprint density at radius 2 is 2.00 bits per heavy atom. The van der Waals surface area contributed by atoms with Crippen molar-refractivity contribution in [3.63, 3.8) is 0 Å². The topological polar surface area (TPSA) is 69.8 Å². The Hall–Kier alpha value is -1.54. The molecular formula is C17H24IN3O2. The normalized spacial score (nSPS) is 12.4. The Kier molecular flexibility index (Phi) is 8.71. The van der Waals surface area contributed by atoms with Crippen molar-refractivity contribution in [2.24, 2.45) is 4.99 Å². The zero-order valence-corrected chi connectivity index (χ0v) is 15.8. The van der Waals surface area contributed by atoms with E-state index in [-0.39, 0.29) is 24.0 Å². The van der Waals surface area contributed by atoms with E-state index in [4.69, 9.17) is 4.42 Å². The molecule has 1 aromatic carbocycles. The summed E-state index contributed by atoms with van der Waals surface area (Å²) in [5, 5.41) is 16.3. The molecule has 0 aliphatic rings. The zero-order valence-electron chi connectivity index (χ0n) is 13.5. The van der Waals surface area contributed by atoms with Crippen LogP contribution in [0.2, 0.25) is 0 Å². The molecule has 6 heteroatoms. The molecule has 23 heavy (non-hydrogen) atoms. The third-order valence-electron chi connectivity index (χ3n) is 3.35. The summed E-state index contributed by atoms with van der Waals surface area (Å²) in [5.74, 6) is 1.22. The van der Waals surface area contributed by atoms with Crippen LogP contribution >= 0.6 is 24.0 Å². The zero-order chi connectivity index (χ0) is 15.8. The molecule has 1 atom stereocenters. The van der Waals surface area contributed by atoms with Crippen LogP contribution in [0.4, 0.5) is 0 Å². The van der Waals surface area contributed by atoms with Gasteiger partial charge in [-0.3, -0.25) is 0 Å². The van der Waals surface area contributed by atoms with Crippen LogP contribution in [0.3, 0.4) is 0 Å². The predicted octanol–water partition coefficient (Wildman–Crippen LogP) is 2.99. The lowest BCUT2D eigenvalue weighted by molar-refractivity contribution is 0.153. The van der Waals surface area contributed by atoms with Crippen LogP contribution in [0.1, 0.15) is 29.9 Å². The number of aliphatic hydroxyl groups is 1. The third-order valence-corrected chi connectivity index (χ3v) is 3.35. The molecule has 0 saturated heterocycles. The first-order valence-electron chi connectivity index (χ1n) is 7.49. The van der Waals surface area contributed by atoms with E-state index in [1.807, 2.05) is 19.1 Å². The maximum atomic E-state index is 10.0. The summed E-state index contributed by atoms with van der Waals surface area (Å²) < 4.78 is 5.18. The number of rotatable bonds is 6. The minimum Gasteiger partial charge on any atom is -0.467 e. The number of benzene rings is 1. The second-order valence-corrected chi connectivity index (χ2v) is 5.03. The Morgan fingerprint density at radius 3 is 2.65 bits per heavy atom. The monoisotopic (exact) mass is 429 g/mol. The van der Waals surface area contributed by atoms with Crippen molar-refractivity contribution in [3.8, 4) is 0 Å². The van der Waals surface area contributed by atoms with Crippen molar-refractivity contribution >= 4 is 29.9 Å². The second kappa shape index (κ2) is 10.3. The number of aliphatic hydroxyl groups excluding tert-OH is 1. The van der Waals surface area contributed by atoms with Crippen molar-refractivity contribution in [2.45, 2.75) is 26.5 Å². The lowest BCUT2D eigenvalue weighted by Crippen LogP contribution is -2.39. The Labute approximate surface area is 154 Å². The van der Waals surface area contributed by atoms with Gasteiger partial charge in [-0.05, 0) is 37.1 Å². The highest BCUT2D eigenvalue weighted by Gasteiger charge is 2.10. The molecule has 3 N–H and O–H groups in total. The van der Waals surface area contributed by atoms with Gasteiger partial charge in [-0.1, -0.05) is 24.3 Å². The van der Waals surface area contributed by atoms with Crippen molar-refractivity contribution in [3.05, 3.63) is 59.5 Å². The van der Waals surface area contributed by atoms with Crippen LogP contribution in [-0.4, -0.2) is 24.2 Å². The molecule has 2 aromatic rings. The summed E-state index contributed by atoms with van der Waals surface area (Å²) >= 11 is 0. The Morgan fingerprint density at radius 1 is 1.22 bits per heavy atom.